The highest BCUT2D eigenvalue weighted by Gasteiger charge is 2.51. The van der Waals surface area contributed by atoms with Crippen molar-refractivity contribution in [2.45, 2.75) is 84.0 Å². The molecule has 2 fully saturated rings. The maximum Gasteiger partial charge on any atom is 0.192 e. The van der Waals surface area contributed by atoms with Crippen LogP contribution in [0.1, 0.15) is 65.4 Å². The summed E-state index contributed by atoms with van der Waals surface area (Å²) in [6.45, 7) is 14.4. The molecule has 1 aromatic carbocycles. The van der Waals surface area contributed by atoms with Gasteiger partial charge in [0.25, 0.3) is 0 Å². The van der Waals surface area contributed by atoms with E-state index in [1.807, 2.05) is 0 Å². The number of benzene rings is 1. The van der Waals surface area contributed by atoms with Crippen LogP contribution in [0.5, 0.6) is 0 Å². The van der Waals surface area contributed by atoms with Gasteiger partial charge >= 0.3 is 0 Å². The van der Waals surface area contributed by atoms with Crippen LogP contribution in [0.3, 0.4) is 0 Å². The molecule has 1 nitrogen and oxygen atoms in total. The maximum absolute atomic E-state index is 6.94. The highest BCUT2D eigenvalue weighted by molar-refractivity contribution is 9.10. The lowest BCUT2D eigenvalue weighted by Crippen LogP contribution is -2.49. The molecule has 2 saturated carbocycles. The number of halogens is 1. The van der Waals surface area contributed by atoms with Crippen molar-refractivity contribution in [1.29, 1.82) is 0 Å². The van der Waals surface area contributed by atoms with Gasteiger partial charge in [-0.15, -0.1) is 0 Å². The van der Waals surface area contributed by atoms with Crippen LogP contribution in [-0.2, 0) is 4.43 Å². The van der Waals surface area contributed by atoms with E-state index in [-0.39, 0.29) is 5.04 Å². The minimum absolute atomic E-state index is 0.286. The van der Waals surface area contributed by atoms with Gasteiger partial charge in [-0.1, -0.05) is 73.8 Å². The quantitative estimate of drug-likeness (QED) is 0.440. The predicted molar refractivity (Wildman–Crippen MR) is 119 cm³/mol. The minimum Gasteiger partial charge on any atom is -0.414 e. The summed E-state index contributed by atoms with van der Waals surface area (Å²) in [4.78, 5) is 0. The smallest absolute Gasteiger partial charge is 0.192 e. The standard InChI is InChI=1S/C23H35BrOSi/c1-22(2,3)26(5,6)25-21-11-8-14-23(4)18(12-13-20(21)23)15-17-9-7-10-19(24)16-17/h7,9-10,15-16,20-21H,8,11-14H2,1-6H3/b18-15-/t20-,21-,23+/m0/s1. The van der Waals surface area contributed by atoms with Crippen molar-refractivity contribution in [3.8, 4) is 0 Å². The normalized spacial score (nSPS) is 31.3. The Labute approximate surface area is 169 Å². The molecule has 0 unspecified atom stereocenters. The largest absolute Gasteiger partial charge is 0.414 e. The van der Waals surface area contributed by atoms with E-state index in [9.17, 15) is 0 Å². The molecule has 2 aliphatic carbocycles. The Hall–Kier alpha value is -0.383. The highest BCUT2D eigenvalue weighted by atomic mass is 79.9. The molecule has 3 atom stereocenters. The van der Waals surface area contributed by atoms with Crippen LogP contribution >= 0.6 is 15.9 Å². The molecule has 0 N–H and O–H groups in total. The highest BCUT2D eigenvalue weighted by Crippen LogP contribution is 2.57. The van der Waals surface area contributed by atoms with Gasteiger partial charge in [-0.05, 0) is 72.8 Å². The van der Waals surface area contributed by atoms with Gasteiger partial charge in [0.15, 0.2) is 8.32 Å². The van der Waals surface area contributed by atoms with Gasteiger partial charge in [0, 0.05) is 10.6 Å². The van der Waals surface area contributed by atoms with E-state index in [2.05, 4.69) is 87.1 Å². The summed E-state index contributed by atoms with van der Waals surface area (Å²) in [5.74, 6) is 0.684. The third-order valence-electron chi connectivity index (χ3n) is 7.35. The van der Waals surface area contributed by atoms with Gasteiger partial charge in [0.2, 0.25) is 0 Å². The average Bonchev–Trinajstić information content (AvgIpc) is 2.84. The lowest BCUT2D eigenvalue weighted by atomic mass is 9.66. The van der Waals surface area contributed by atoms with E-state index in [0.717, 1.165) is 4.47 Å². The van der Waals surface area contributed by atoms with Crippen LogP contribution < -0.4 is 0 Å². The zero-order chi connectivity index (χ0) is 19.2. The fourth-order valence-electron chi connectivity index (χ4n) is 4.70. The van der Waals surface area contributed by atoms with Crippen molar-refractivity contribution < 1.29 is 4.43 Å². The first kappa shape index (κ1) is 20.4. The van der Waals surface area contributed by atoms with Crippen LogP contribution in [0.2, 0.25) is 18.1 Å². The van der Waals surface area contributed by atoms with Gasteiger partial charge in [0.1, 0.15) is 0 Å². The van der Waals surface area contributed by atoms with Crippen LogP contribution in [0.25, 0.3) is 6.08 Å². The molecule has 1 aromatic rings. The summed E-state index contributed by atoms with van der Waals surface area (Å²) >= 11 is 3.61. The van der Waals surface area contributed by atoms with E-state index in [4.69, 9.17) is 4.43 Å². The zero-order valence-electron chi connectivity index (χ0n) is 17.4. The first-order valence-electron chi connectivity index (χ1n) is 10.2. The molecule has 0 aliphatic heterocycles. The van der Waals surface area contributed by atoms with Crippen molar-refractivity contribution in [2.24, 2.45) is 11.3 Å². The molecular formula is C23H35BrOSi. The van der Waals surface area contributed by atoms with E-state index in [1.54, 1.807) is 5.57 Å². The van der Waals surface area contributed by atoms with Crippen LogP contribution in [0.15, 0.2) is 34.3 Å². The lowest BCUT2D eigenvalue weighted by Gasteiger charge is -2.47. The van der Waals surface area contributed by atoms with Crippen molar-refractivity contribution in [3.63, 3.8) is 0 Å². The molecule has 0 bridgehead atoms. The summed E-state index contributed by atoms with van der Waals surface area (Å²) in [5, 5.41) is 0.286. The molecule has 3 rings (SSSR count). The average molecular weight is 436 g/mol. The zero-order valence-corrected chi connectivity index (χ0v) is 19.9. The molecule has 0 amide bonds. The molecule has 144 valence electrons. The van der Waals surface area contributed by atoms with Crippen LogP contribution in [0, 0.1) is 11.3 Å². The molecule has 0 spiro atoms. The Balaban J connectivity index is 1.84. The number of fused-ring (bicyclic) bond motifs is 1. The van der Waals surface area contributed by atoms with Crippen LogP contribution in [-0.4, -0.2) is 14.4 Å². The second kappa shape index (κ2) is 7.22. The summed E-state index contributed by atoms with van der Waals surface area (Å²) < 4.78 is 8.11. The first-order valence-corrected chi connectivity index (χ1v) is 13.9. The molecule has 0 radical (unpaired) electrons. The van der Waals surface area contributed by atoms with Gasteiger partial charge in [0.05, 0.1) is 0 Å². The monoisotopic (exact) mass is 434 g/mol. The lowest BCUT2D eigenvalue weighted by molar-refractivity contribution is 0.0236. The number of allylic oxidation sites excluding steroid dienone is 1. The van der Waals surface area contributed by atoms with Crippen molar-refractivity contribution in [1.82, 2.24) is 0 Å². The summed E-state index contributed by atoms with van der Waals surface area (Å²) in [5.41, 5.74) is 3.28. The molecule has 26 heavy (non-hydrogen) atoms. The van der Waals surface area contributed by atoms with Crippen LogP contribution in [0.4, 0.5) is 0 Å². The third-order valence-corrected chi connectivity index (χ3v) is 12.3. The Kier molecular flexibility index (Phi) is 5.65. The van der Waals surface area contributed by atoms with E-state index in [1.165, 1.54) is 37.7 Å². The molecule has 0 saturated heterocycles. The SMILES string of the molecule is CC(C)(C)[Si](C)(C)O[C@H]1CCC[C@]2(C)/C(=C\c3cccc(Br)c3)CC[C@@H]12. The van der Waals surface area contributed by atoms with Gasteiger partial charge in [-0.2, -0.15) is 0 Å². The van der Waals surface area contributed by atoms with Crippen molar-refractivity contribution in [3.05, 3.63) is 39.9 Å². The van der Waals surface area contributed by atoms with Gasteiger partial charge in [-0.25, -0.2) is 0 Å². The van der Waals surface area contributed by atoms with E-state index < -0.39 is 8.32 Å². The number of hydrogen-bond donors (Lipinski definition) is 0. The Morgan fingerprint density at radius 3 is 2.62 bits per heavy atom. The van der Waals surface area contributed by atoms with Gasteiger partial charge < -0.3 is 4.43 Å². The fraction of sp³-hybridized carbons (Fsp3) is 0.652. The second-order valence-electron chi connectivity index (χ2n) is 10.1. The summed E-state index contributed by atoms with van der Waals surface area (Å²) in [7, 11) is -1.71. The Morgan fingerprint density at radius 1 is 1.23 bits per heavy atom. The molecular weight excluding hydrogens is 400 g/mol. The molecule has 0 heterocycles. The predicted octanol–water partition coefficient (Wildman–Crippen LogP) is 7.82. The maximum atomic E-state index is 6.94. The molecule has 2 aliphatic rings. The Bertz CT molecular complexity index is 688. The van der Waals surface area contributed by atoms with Crippen molar-refractivity contribution in [2.75, 3.05) is 0 Å². The summed E-state index contributed by atoms with van der Waals surface area (Å²) in [6.07, 6.45) is 9.27. The Morgan fingerprint density at radius 2 is 1.96 bits per heavy atom. The summed E-state index contributed by atoms with van der Waals surface area (Å²) in [6, 6.07) is 8.69. The molecule has 3 heteroatoms. The van der Waals surface area contributed by atoms with Gasteiger partial charge in [-0.3, -0.25) is 0 Å². The van der Waals surface area contributed by atoms with E-state index >= 15 is 0 Å². The topological polar surface area (TPSA) is 9.23 Å². The fourth-order valence-corrected chi connectivity index (χ4v) is 6.51. The number of hydrogen-bond acceptors (Lipinski definition) is 1. The third kappa shape index (κ3) is 3.91. The van der Waals surface area contributed by atoms with E-state index in [0.29, 0.717) is 17.4 Å². The molecule has 0 aromatic heterocycles. The van der Waals surface area contributed by atoms with Crippen molar-refractivity contribution >= 4 is 30.3 Å². The minimum atomic E-state index is -1.71. The second-order valence-corrected chi connectivity index (χ2v) is 15.8. The first-order chi connectivity index (χ1) is 12.0. The number of rotatable bonds is 3.